The average Bonchev–Trinajstić information content (AvgIpc) is 3.13. The van der Waals surface area contributed by atoms with Crippen molar-refractivity contribution in [1.29, 1.82) is 0 Å². The van der Waals surface area contributed by atoms with E-state index >= 15 is 0 Å². The Hall–Kier alpha value is -2.54. The van der Waals surface area contributed by atoms with Crippen LogP contribution >= 0.6 is 11.3 Å². The van der Waals surface area contributed by atoms with Crippen LogP contribution in [-0.4, -0.2) is 54.2 Å². The Morgan fingerprint density at radius 3 is 2.38 bits per heavy atom. The molecule has 1 saturated heterocycles. The van der Waals surface area contributed by atoms with Gasteiger partial charge in [-0.25, -0.2) is 0 Å². The van der Waals surface area contributed by atoms with Crippen LogP contribution < -0.4 is 5.32 Å². The SMILES string of the molecule is CC(=O)c1ccc(NC(=O)CN2CCN(Cc3csc4ccccc34)CC2)cc1. The van der Waals surface area contributed by atoms with Gasteiger partial charge in [-0.2, -0.15) is 0 Å². The van der Waals surface area contributed by atoms with Crippen LogP contribution in [0.25, 0.3) is 10.1 Å². The molecule has 2 heterocycles. The number of Topliss-reactive ketones (excluding diaryl/α,β-unsaturated/α-hetero) is 1. The maximum Gasteiger partial charge on any atom is 0.238 e. The highest BCUT2D eigenvalue weighted by Gasteiger charge is 2.20. The van der Waals surface area contributed by atoms with Crippen LogP contribution in [-0.2, 0) is 11.3 Å². The molecular weight excluding hydrogens is 382 g/mol. The summed E-state index contributed by atoms with van der Waals surface area (Å²) in [6, 6.07) is 15.6. The van der Waals surface area contributed by atoms with E-state index in [9.17, 15) is 9.59 Å². The predicted molar refractivity (Wildman–Crippen MR) is 119 cm³/mol. The second kappa shape index (κ2) is 8.86. The van der Waals surface area contributed by atoms with E-state index in [0.717, 1.165) is 38.4 Å². The quantitative estimate of drug-likeness (QED) is 0.631. The second-order valence-electron chi connectivity index (χ2n) is 7.49. The Kier molecular flexibility index (Phi) is 6.04. The van der Waals surface area contributed by atoms with Crippen LogP contribution in [0.5, 0.6) is 0 Å². The van der Waals surface area contributed by atoms with E-state index in [1.165, 1.54) is 22.6 Å². The van der Waals surface area contributed by atoms with E-state index in [-0.39, 0.29) is 11.7 Å². The number of rotatable bonds is 6. The molecule has 1 aliphatic rings. The van der Waals surface area contributed by atoms with Crippen molar-refractivity contribution in [2.75, 3.05) is 38.0 Å². The van der Waals surface area contributed by atoms with Crippen LogP contribution in [0.4, 0.5) is 5.69 Å². The van der Waals surface area contributed by atoms with E-state index in [0.29, 0.717) is 12.1 Å². The standard InChI is InChI=1S/C23H25N3O2S/c1-17(27)18-6-8-20(9-7-18)24-23(28)15-26-12-10-25(11-13-26)14-19-16-29-22-5-3-2-4-21(19)22/h2-9,16H,10-15H2,1H3,(H,24,28). The first-order valence-electron chi connectivity index (χ1n) is 9.89. The predicted octanol–water partition coefficient (Wildman–Crippen LogP) is 3.86. The van der Waals surface area contributed by atoms with Crippen LogP contribution in [0, 0.1) is 0 Å². The molecule has 1 aliphatic heterocycles. The van der Waals surface area contributed by atoms with Crippen LogP contribution in [0.2, 0.25) is 0 Å². The summed E-state index contributed by atoms with van der Waals surface area (Å²) in [4.78, 5) is 28.3. The molecule has 2 aromatic carbocycles. The maximum atomic E-state index is 12.4. The monoisotopic (exact) mass is 407 g/mol. The first-order chi connectivity index (χ1) is 14.1. The van der Waals surface area contributed by atoms with Crippen molar-refractivity contribution in [3.05, 3.63) is 65.0 Å². The third-order valence-electron chi connectivity index (χ3n) is 5.36. The van der Waals surface area contributed by atoms with Gasteiger partial charge in [0.15, 0.2) is 5.78 Å². The van der Waals surface area contributed by atoms with Gasteiger partial charge < -0.3 is 5.32 Å². The molecule has 0 atom stereocenters. The molecule has 0 aliphatic carbocycles. The van der Waals surface area contributed by atoms with Gasteiger partial charge in [0.2, 0.25) is 5.91 Å². The summed E-state index contributed by atoms with van der Waals surface area (Å²) in [7, 11) is 0. The van der Waals surface area contributed by atoms with E-state index in [1.54, 1.807) is 35.6 Å². The topological polar surface area (TPSA) is 52.7 Å². The smallest absolute Gasteiger partial charge is 0.238 e. The van der Waals surface area contributed by atoms with Gasteiger partial charge in [0.1, 0.15) is 0 Å². The van der Waals surface area contributed by atoms with E-state index < -0.39 is 0 Å². The molecule has 0 bridgehead atoms. The lowest BCUT2D eigenvalue weighted by atomic mass is 10.1. The van der Waals surface area contributed by atoms with Crippen molar-refractivity contribution in [3.63, 3.8) is 0 Å². The zero-order valence-electron chi connectivity index (χ0n) is 16.6. The summed E-state index contributed by atoms with van der Waals surface area (Å²) in [5, 5.41) is 6.54. The van der Waals surface area contributed by atoms with Gasteiger partial charge in [-0.05, 0) is 53.6 Å². The summed E-state index contributed by atoms with van der Waals surface area (Å²) < 4.78 is 1.34. The zero-order chi connectivity index (χ0) is 20.2. The van der Waals surface area contributed by atoms with Crippen molar-refractivity contribution in [2.45, 2.75) is 13.5 Å². The lowest BCUT2D eigenvalue weighted by molar-refractivity contribution is -0.117. The van der Waals surface area contributed by atoms with Gasteiger partial charge in [0, 0.05) is 48.7 Å². The number of nitrogens with one attached hydrogen (secondary N) is 1. The number of amides is 1. The molecule has 150 valence electrons. The van der Waals surface area contributed by atoms with Gasteiger partial charge in [0.05, 0.1) is 6.54 Å². The number of carbonyl (C=O) groups is 2. The number of piperazine rings is 1. The molecule has 0 spiro atoms. The molecule has 0 unspecified atom stereocenters. The Bertz CT molecular complexity index is 1000. The third kappa shape index (κ3) is 4.90. The van der Waals surface area contributed by atoms with Crippen molar-refractivity contribution >= 4 is 38.8 Å². The molecule has 1 fully saturated rings. The largest absolute Gasteiger partial charge is 0.325 e. The van der Waals surface area contributed by atoms with Gasteiger partial charge >= 0.3 is 0 Å². The van der Waals surface area contributed by atoms with Crippen LogP contribution in [0.3, 0.4) is 0 Å². The molecule has 1 amide bonds. The molecular formula is C23H25N3O2S. The van der Waals surface area contributed by atoms with Gasteiger partial charge in [-0.3, -0.25) is 19.4 Å². The number of nitrogens with zero attached hydrogens (tertiary/aromatic N) is 2. The summed E-state index contributed by atoms with van der Waals surface area (Å²) in [5.41, 5.74) is 2.77. The highest BCUT2D eigenvalue weighted by molar-refractivity contribution is 7.17. The molecule has 29 heavy (non-hydrogen) atoms. The minimum absolute atomic E-state index is 0.0159. The van der Waals surface area contributed by atoms with Crippen molar-refractivity contribution in [1.82, 2.24) is 9.80 Å². The number of hydrogen-bond donors (Lipinski definition) is 1. The fraction of sp³-hybridized carbons (Fsp3) is 0.304. The van der Waals surface area contributed by atoms with E-state index in [2.05, 4.69) is 44.8 Å². The average molecular weight is 408 g/mol. The van der Waals surface area contributed by atoms with Gasteiger partial charge in [-0.1, -0.05) is 18.2 Å². The molecule has 0 saturated carbocycles. The highest BCUT2D eigenvalue weighted by atomic mass is 32.1. The lowest BCUT2D eigenvalue weighted by Gasteiger charge is -2.34. The Morgan fingerprint density at radius 1 is 0.966 bits per heavy atom. The van der Waals surface area contributed by atoms with Crippen molar-refractivity contribution in [2.24, 2.45) is 0 Å². The fourth-order valence-corrected chi connectivity index (χ4v) is 4.65. The lowest BCUT2D eigenvalue weighted by Crippen LogP contribution is -2.48. The van der Waals surface area contributed by atoms with E-state index in [4.69, 9.17) is 0 Å². The van der Waals surface area contributed by atoms with Gasteiger partial charge in [0.25, 0.3) is 0 Å². The minimum Gasteiger partial charge on any atom is -0.325 e. The van der Waals surface area contributed by atoms with Crippen LogP contribution in [0.15, 0.2) is 53.9 Å². The summed E-state index contributed by atoms with van der Waals surface area (Å²) in [5.74, 6) is 0.00838. The summed E-state index contributed by atoms with van der Waals surface area (Å²) in [6.07, 6.45) is 0. The number of fused-ring (bicyclic) bond motifs is 1. The Morgan fingerprint density at radius 2 is 1.66 bits per heavy atom. The Balaban J connectivity index is 1.25. The number of benzene rings is 2. The molecule has 4 rings (SSSR count). The zero-order valence-corrected chi connectivity index (χ0v) is 17.4. The van der Waals surface area contributed by atoms with Crippen LogP contribution in [0.1, 0.15) is 22.8 Å². The first-order valence-corrected chi connectivity index (χ1v) is 10.8. The maximum absolute atomic E-state index is 12.4. The minimum atomic E-state index is -0.0159. The second-order valence-corrected chi connectivity index (χ2v) is 8.40. The molecule has 3 aromatic rings. The number of carbonyl (C=O) groups excluding carboxylic acids is 2. The molecule has 0 radical (unpaired) electrons. The molecule has 6 heteroatoms. The third-order valence-corrected chi connectivity index (χ3v) is 6.37. The van der Waals surface area contributed by atoms with Crippen molar-refractivity contribution < 1.29 is 9.59 Å². The first kappa shape index (κ1) is 19.8. The molecule has 1 aromatic heterocycles. The number of ketones is 1. The highest BCUT2D eigenvalue weighted by Crippen LogP contribution is 2.26. The number of thiophene rings is 1. The Labute approximate surface area is 174 Å². The van der Waals surface area contributed by atoms with Crippen molar-refractivity contribution in [3.8, 4) is 0 Å². The number of anilines is 1. The van der Waals surface area contributed by atoms with E-state index in [1.807, 2.05) is 0 Å². The molecule has 1 N–H and O–H groups in total. The van der Waals surface area contributed by atoms with Gasteiger partial charge in [-0.15, -0.1) is 11.3 Å². The summed E-state index contributed by atoms with van der Waals surface area (Å²) >= 11 is 1.81. The fourth-order valence-electron chi connectivity index (χ4n) is 3.69. The normalized spacial score (nSPS) is 15.5. The number of hydrogen-bond acceptors (Lipinski definition) is 5. The molecule has 5 nitrogen and oxygen atoms in total. The summed E-state index contributed by atoms with van der Waals surface area (Å²) in [6.45, 7) is 6.59.